The summed E-state index contributed by atoms with van der Waals surface area (Å²) in [6.45, 7) is -0.0674. The summed E-state index contributed by atoms with van der Waals surface area (Å²) in [5, 5.41) is 0. The Balaban J connectivity index is 2.35. The van der Waals surface area contributed by atoms with Crippen LogP contribution in [0.15, 0.2) is 47.6 Å². The van der Waals surface area contributed by atoms with Gasteiger partial charge in [-0.1, -0.05) is 0 Å². The molecular weight excluding hydrogens is 269 g/mol. The van der Waals surface area contributed by atoms with Gasteiger partial charge in [0, 0.05) is 18.3 Å². The van der Waals surface area contributed by atoms with Crippen LogP contribution in [0, 0.1) is 5.82 Å². The molecular formula is C12H12FN3O2S. The van der Waals surface area contributed by atoms with Crippen molar-refractivity contribution >= 4 is 15.7 Å². The molecule has 0 fully saturated rings. The molecule has 0 atom stereocenters. The highest BCUT2D eigenvalue weighted by molar-refractivity contribution is 7.92. The predicted octanol–water partition coefficient (Wildman–Crippen LogP) is 1.48. The summed E-state index contributed by atoms with van der Waals surface area (Å²) in [5.74, 6) is -0.525. The molecule has 0 aliphatic rings. The van der Waals surface area contributed by atoms with E-state index in [2.05, 4.69) is 9.71 Å². The van der Waals surface area contributed by atoms with E-state index >= 15 is 0 Å². The maximum absolute atomic E-state index is 13.3. The first-order chi connectivity index (χ1) is 9.03. The number of pyridine rings is 1. The van der Waals surface area contributed by atoms with E-state index in [-0.39, 0.29) is 17.0 Å². The molecule has 19 heavy (non-hydrogen) atoms. The third-order valence-corrected chi connectivity index (χ3v) is 3.84. The molecule has 1 aromatic heterocycles. The Bertz CT molecular complexity index is 675. The minimum absolute atomic E-state index is 0.0433. The zero-order chi connectivity index (χ0) is 13.9. The number of benzene rings is 1. The van der Waals surface area contributed by atoms with E-state index in [1.54, 1.807) is 12.1 Å². The Kier molecular flexibility index (Phi) is 3.77. The van der Waals surface area contributed by atoms with Crippen molar-refractivity contribution in [1.29, 1.82) is 0 Å². The van der Waals surface area contributed by atoms with Gasteiger partial charge in [-0.05, 0) is 30.3 Å². The molecule has 2 aromatic rings. The molecule has 0 saturated heterocycles. The highest BCUT2D eigenvalue weighted by Gasteiger charge is 2.16. The van der Waals surface area contributed by atoms with E-state index in [4.69, 9.17) is 5.73 Å². The van der Waals surface area contributed by atoms with Crippen molar-refractivity contribution in [2.75, 3.05) is 4.72 Å². The summed E-state index contributed by atoms with van der Waals surface area (Å²) >= 11 is 0. The van der Waals surface area contributed by atoms with Gasteiger partial charge < -0.3 is 5.73 Å². The van der Waals surface area contributed by atoms with Gasteiger partial charge in [-0.15, -0.1) is 0 Å². The molecule has 100 valence electrons. The largest absolute Gasteiger partial charge is 0.326 e. The van der Waals surface area contributed by atoms with Gasteiger partial charge in [0.05, 0.1) is 16.8 Å². The van der Waals surface area contributed by atoms with Gasteiger partial charge in [0.15, 0.2) is 0 Å². The topological polar surface area (TPSA) is 85.1 Å². The molecule has 7 heteroatoms. The van der Waals surface area contributed by atoms with Crippen molar-refractivity contribution < 1.29 is 12.8 Å². The molecule has 0 aliphatic carbocycles. The van der Waals surface area contributed by atoms with Crippen LogP contribution in [0.2, 0.25) is 0 Å². The maximum Gasteiger partial charge on any atom is 0.261 e. The monoisotopic (exact) mass is 281 g/mol. The van der Waals surface area contributed by atoms with Crippen LogP contribution in [0.25, 0.3) is 0 Å². The third kappa shape index (κ3) is 3.07. The lowest BCUT2D eigenvalue weighted by Crippen LogP contribution is -2.14. The van der Waals surface area contributed by atoms with Crippen LogP contribution in [0.4, 0.5) is 10.1 Å². The fraction of sp³-hybridized carbons (Fsp3) is 0.0833. The summed E-state index contributed by atoms with van der Waals surface area (Å²) < 4.78 is 39.8. The van der Waals surface area contributed by atoms with E-state index in [1.807, 2.05) is 0 Å². The highest BCUT2D eigenvalue weighted by Crippen LogP contribution is 2.18. The number of nitrogens with zero attached hydrogens (tertiary/aromatic N) is 1. The number of hydrogen-bond donors (Lipinski definition) is 2. The molecule has 0 saturated carbocycles. The summed E-state index contributed by atoms with van der Waals surface area (Å²) in [6, 6.07) is 6.66. The van der Waals surface area contributed by atoms with Crippen molar-refractivity contribution in [2.45, 2.75) is 11.4 Å². The Labute approximate surface area is 110 Å². The summed E-state index contributed by atoms with van der Waals surface area (Å²) in [5.41, 5.74) is 5.83. The van der Waals surface area contributed by atoms with Gasteiger partial charge in [-0.3, -0.25) is 9.71 Å². The number of nitrogens with two attached hydrogens (primary N) is 1. The first kappa shape index (κ1) is 13.4. The Morgan fingerprint density at radius 3 is 2.74 bits per heavy atom. The Morgan fingerprint density at radius 1 is 1.32 bits per heavy atom. The lowest BCUT2D eigenvalue weighted by atomic mass is 10.2. The number of hydrogen-bond acceptors (Lipinski definition) is 4. The standard InChI is InChI=1S/C12H12FN3O2S/c13-12-4-3-11(6-9(12)7-14)19(17,18)16-10-2-1-5-15-8-10/h1-6,8,16H,7,14H2. The van der Waals surface area contributed by atoms with Gasteiger partial charge in [0.2, 0.25) is 0 Å². The fourth-order valence-electron chi connectivity index (χ4n) is 1.51. The molecule has 0 aliphatic heterocycles. The van der Waals surface area contributed by atoms with Crippen molar-refractivity contribution in [3.05, 3.63) is 54.1 Å². The Morgan fingerprint density at radius 2 is 2.11 bits per heavy atom. The van der Waals surface area contributed by atoms with E-state index < -0.39 is 15.8 Å². The average molecular weight is 281 g/mol. The van der Waals surface area contributed by atoms with E-state index in [9.17, 15) is 12.8 Å². The second-order valence-electron chi connectivity index (χ2n) is 3.80. The van der Waals surface area contributed by atoms with Crippen LogP contribution in [0.3, 0.4) is 0 Å². The number of aromatic nitrogens is 1. The van der Waals surface area contributed by atoms with Crippen LogP contribution in [-0.2, 0) is 16.6 Å². The number of rotatable bonds is 4. The fourth-order valence-corrected chi connectivity index (χ4v) is 2.61. The Hall–Kier alpha value is -1.99. The van der Waals surface area contributed by atoms with E-state index in [0.29, 0.717) is 5.69 Å². The highest BCUT2D eigenvalue weighted by atomic mass is 32.2. The minimum Gasteiger partial charge on any atom is -0.326 e. The second-order valence-corrected chi connectivity index (χ2v) is 5.49. The van der Waals surface area contributed by atoms with Gasteiger partial charge >= 0.3 is 0 Å². The molecule has 5 nitrogen and oxygen atoms in total. The minimum atomic E-state index is -3.77. The van der Waals surface area contributed by atoms with Gasteiger partial charge in [0.25, 0.3) is 10.0 Å². The molecule has 1 aromatic carbocycles. The summed E-state index contributed by atoms with van der Waals surface area (Å²) in [4.78, 5) is 3.76. The number of anilines is 1. The first-order valence-corrected chi connectivity index (χ1v) is 6.92. The molecule has 0 amide bonds. The van der Waals surface area contributed by atoms with Crippen LogP contribution in [0.1, 0.15) is 5.56 Å². The van der Waals surface area contributed by atoms with Crippen molar-refractivity contribution in [2.24, 2.45) is 5.73 Å². The van der Waals surface area contributed by atoms with Crippen molar-refractivity contribution in [3.8, 4) is 0 Å². The quantitative estimate of drug-likeness (QED) is 0.889. The molecule has 0 radical (unpaired) electrons. The SMILES string of the molecule is NCc1cc(S(=O)(=O)Nc2cccnc2)ccc1F. The molecule has 0 bridgehead atoms. The van der Waals surface area contributed by atoms with Gasteiger partial charge in [-0.25, -0.2) is 12.8 Å². The average Bonchev–Trinajstić information content (AvgIpc) is 2.39. The van der Waals surface area contributed by atoms with E-state index in [1.165, 1.54) is 24.5 Å². The first-order valence-electron chi connectivity index (χ1n) is 5.44. The smallest absolute Gasteiger partial charge is 0.261 e. The van der Waals surface area contributed by atoms with Crippen LogP contribution in [-0.4, -0.2) is 13.4 Å². The molecule has 2 rings (SSSR count). The molecule has 0 unspecified atom stereocenters. The lowest BCUT2D eigenvalue weighted by molar-refractivity contribution is 0.596. The number of sulfonamides is 1. The normalized spacial score (nSPS) is 11.3. The predicted molar refractivity (Wildman–Crippen MR) is 69.3 cm³/mol. The van der Waals surface area contributed by atoms with Crippen LogP contribution in [0.5, 0.6) is 0 Å². The second kappa shape index (κ2) is 5.33. The zero-order valence-electron chi connectivity index (χ0n) is 9.88. The van der Waals surface area contributed by atoms with Crippen LogP contribution >= 0.6 is 0 Å². The van der Waals surface area contributed by atoms with Crippen molar-refractivity contribution in [3.63, 3.8) is 0 Å². The molecule has 1 heterocycles. The lowest BCUT2D eigenvalue weighted by Gasteiger charge is -2.09. The van der Waals surface area contributed by atoms with E-state index in [0.717, 1.165) is 6.07 Å². The number of halogens is 1. The maximum atomic E-state index is 13.3. The summed E-state index contributed by atoms with van der Waals surface area (Å²) in [6.07, 6.45) is 2.91. The summed E-state index contributed by atoms with van der Waals surface area (Å²) in [7, 11) is -3.77. The molecule has 3 N–H and O–H groups in total. The zero-order valence-corrected chi connectivity index (χ0v) is 10.7. The number of nitrogens with one attached hydrogen (secondary N) is 1. The molecule has 0 spiro atoms. The van der Waals surface area contributed by atoms with Gasteiger partial charge in [0.1, 0.15) is 5.82 Å². The van der Waals surface area contributed by atoms with Gasteiger partial charge in [-0.2, -0.15) is 0 Å². The third-order valence-electron chi connectivity index (χ3n) is 2.46. The van der Waals surface area contributed by atoms with Crippen molar-refractivity contribution in [1.82, 2.24) is 4.98 Å². The van der Waals surface area contributed by atoms with Crippen LogP contribution < -0.4 is 10.5 Å².